The van der Waals surface area contributed by atoms with E-state index in [2.05, 4.69) is 28.9 Å². The van der Waals surface area contributed by atoms with E-state index in [9.17, 15) is 0 Å². The Hall–Kier alpha value is -0.940. The van der Waals surface area contributed by atoms with Gasteiger partial charge in [0.15, 0.2) is 0 Å². The lowest BCUT2D eigenvalue weighted by Gasteiger charge is -2.35. The van der Waals surface area contributed by atoms with Crippen LogP contribution in [0.1, 0.15) is 42.3 Å². The summed E-state index contributed by atoms with van der Waals surface area (Å²) in [5.74, 6) is 0. The van der Waals surface area contributed by atoms with Gasteiger partial charge < -0.3 is 5.73 Å². The third-order valence-electron chi connectivity index (χ3n) is 4.10. The van der Waals surface area contributed by atoms with Crippen LogP contribution in [0.15, 0.2) is 36.7 Å². The number of halogens is 1. The lowest BCUT2D eigenvalue weighted by molar-refractivity contribution is 0.163. The zero-order valence-electron chi connectivity index (χ0n) is 12.1. The highest BCUT2D eigenvalue weighted by molar-refractivity contribution is 7.16. The number of rotatable bonds is 4. The minimum atomic E-state index is 0.0667. The lowest BCUT2D eigenvalue weighted by Crippen LogP contribution is -2.38. The molecular formula is C16H20ClN3S. The highest BCUT2D eigenvalue weighted by atomic mass is 35.5. The normalized spacial score (nSPS) is 22.3. The van der Waals surface area contributed by atoms with Gasteiger partial charge in [-0.3, -0.25) is 9.88 Å². The first kappa shape index (κ1) is 15.0. The molecule has 2 N–H and O–H groups in total. The Bertz CT molecular complexity index is 584. The van der Waals surface area contributed by atoms with Crippen molar-refractivity contribution in [3.8, 4) is 0 Å². The number of hydrogen-bond donors (Lipinski definition) is 1. The first-order chi connectivity index (χ1) is 10.2. The van der Waals surface area contributed by atoms with Crippen molar-refractivity contribution in [1.82, 2.24) is 9.88 Å². The number of thiophene rings is 1. The SMILES string of the molecule is CC(N)C(c1ccc(Cl)s1)N1CCCC1c1cccnc1. The maximum Gasteiger partial charge on any atom is 0.0931 e. The van der Waals surface area contributed by atoms with Crippen molar-refractivity contribution in [2.75, 3.05) is 6.54 Å². The average Bonchev–Trinajstić information content (AvgIpc) is 3.10. The number of nitrogens with two attached hydrogens (primary N) is 1. The molecule has 0 aliphatic carbocycles. The van der Waals surface area contributed by atoms with Gasteiger partial charge in [-0.2, -0.15) is 0 Å². The van der Waals surface area contributed by atoms with Crippen LogP contribution in [0.4, 0.5) is 0 Å². The van der Waals surface area contributed by atoms with Gasteiger partial charge >= 0.3 is 0 Å². The molecule has 1 fully saturated rings. The maximum absolute atomic E-state index is 6.30. The summed E-state index contributed by atoms with van der Waals surface area (Å²) in [6.07, 6.45) is 6.16. The zero-order chi connectivity index (χ0) is 14.8. The second-order valence-electron chi connectivity index (χ2n) is 5.63. The molecule has 1 saturated heterocycles. The van der Waals surface area contributed by atoms with Crippen molar-refractivity contribution in [2.45, 2.75) is 37.9 Å². The van der Waals surface area contributed by atoms with Crippen molar-refractivity contribution < 1.29 is 0 Å². The van der Waals surface area contributed by atoms with Crippen molar-refractivity contribution in [3.63, 3.8) is 0 Å². The molecule has 0 spiro atoms. The van der Waals surface area contributed by atoms with Crippen molar-refractivity contribution in [1.29, 1.82) is 0 Å². The molecule has 0 saturated carbocycles. The van der Waals surface area contributed by atoms with E-state index in [1.165, 1.54) is 16.9 Å². The van der Waals surface area contributed by atoms with Gasteiger partial charge in [-0.25, -0.2) is 0 Å². The molecule has 2 aromatic rings. The third-order valence-corrected chi connectivity index (χ3v) is 5.41. The molecule has 21 heavy (non-hydrogen) atoms. The number of nitrogens with zero attached hydrogens (tertiary/aromatic N) is 2. The van der Waals surface area contributed by atoms with Gasteiger partial charge in [0.25, 0.3) is 0 Å². The van der Waals surface area contributed by atoms with Crippen LogP contribution in [0.2, 0.25) is 4.34 Å². The molecule has 0 radical (unpaired) electrons. The highest BCUT2D eigenvalue weighted by Gasteiger charge is 2.35. The van der Waals surface area contributed by atoms with E-state index in [1.807, 2.05) is 24.5 Å². The largest absolute Gasteiger partial charge is 0.326 e. The second kappa shape index (κ2) is 6.44. The Morgan fingerprint density at radius 1 is 1.43 bits per heavy atom. The monoisotopic (exact) mass is 321 g/mol. The Labute approximate surface area is 134 Å². The maximum atomic E-state index is 6.30. The van der Waals surface area contributed by atoms with Crippen LogP contribution in [-0.2, 0) is 0 Å². The third kappa shape index (κ3) is 3.14. The molecule has 3 heterocycles. The van der Waals surface area contributed by atoms with Crippen LogP contribution in [-0.4, -0.2) is 22.5 Å². The summed E-state index contributed by atoms with van der Waals surface area (Å²) >= 11 is 7.75. The van der Waals surface area contributed by atoms with Crippen molar-refractivity contribution in [2.24, 2.45) is 5.73 Å². The molecule has 112 valence electrons. The van der Waals surface area contributed by atoms with Crippen LogP contribution in [0, 0.1) is 0 Å². The van der Waals surface area contributed by atoms with E-state index < -0.39 is 0 Å². The van der Waals surface area contributed by atoms with E-state index in [1.54, 1.807) is 11.3 Å². The molecule has 5 heteroatoms. The molecule has 1 aliphatic rings. The lowest BCUT2D eigenvalue weighted by atomic mass is 10.0. The van der Waals surface area contributed by atoms with E-state index in [0.717, 1.165) is 17.3 Å². The van der Waals surface area contributed by atoms with Crippen molar-refractivity contribution in [3.05, 3.63) is 51.4 Å². The molecule has 0 amide bonds. The van der Waals surface area contributed by atoms with E-state index in [0.29, 0.717) is 6.04 Å². The summed E-state index contributed by atoms with van der Waals surface area (Å²) in [4.78, 5) is 8.04. The molecule has 3 unspecified atom stereocenters. The highest BCUT2D eigenvalue weighted by Crippen LogP contribution is 2.41. The van der Waals surface area contributed by atoms with Crippen LogP contribution in [0.5, 0.6) is 0 Å². The molecular weight excluding hydrogens is 302 g/mol. The summed E-state index contributed by atoms with van der Waals surface area (Å²) in [6.45, 7) is 3.15. The Morgan fingerprint density at radius 2 is 2.29 bits per heavy atom. The molecule has 1 aliphatic heterocycles. The fourth-order valence-electron chi connectivity index (χ4n) is 3.26. The fourth-order valence-corrected chi connectivity index (χ4v) is 4.56. The number of likely N-dealkylation sites (tertiary alicyclic amines) is 1. The van der Waals surface area contributed by atoms with Gasteiger partial charge in [0.2, 0.25) is 0 Å². The Balaban J connectivity index is 1.91. The topological polar surface area (TPSA) is 42.1 Å². The summed E-state index contributed by atoms with van der Waals surface area (Å²) in [5.41, 5.74) is 7.59. The number of pyridine rings is 1. The average molecular weight is 322 g/mol. The van der Waals surface area contributed by atoms with Crippen molar-refractivity contribution >= 4 is 22.9 Å². The summed E-state index contributed by atoms with van der Waals surface area (Å²) in [7, 11) is 0. The van der Waals surface area contributed by atoms with Crippen LogP contribution >= 0.6 is 22.9 Å². The molecule has 0 aromatic carbocycles. The van der Waals surface area contributed by atoms with E-state index >= 15 is 0 Å². The molecule has 0 bridgehead atoms. The van der Waals surface area contributed by atoms with Gasteiger partial charge in [-0.05, 0) is 50.1 Å². The van der Waals surface area contributed by atoms with Gasteiger partial charge in [0.1, 0.15) is 0 Å². The van der Waals surface area contributed by atoms with E-state index in [-0.39, 0.29) is 12.1 Å². The standard InChI is InChI=1S/C16H20ClN3S/c1-11(18)16(14-6-7-15(17)21-14)20-9-3-5-13(20)12-4-2-8-19-10-12/h2,4,6-8,10-11,13,16H,3,5,9,18H2,1H3. The molecule has 3 atom stereocenters. The predicted molar refractivity (Wildman–Crippen MR) is 88.6 cm³/mol. The van der Waals surface area contributed by atoms with Gasteiger partial charge in [0, 0.05) is 29.4 Å². The first-order valence-corrected chi connectivity index (χ1v) is 8.53. The second-order valence-corrected chi connectivity index (χ2v) is 7.37. The quantitative estimate of drug-likeness (QED) is 0.924. The van der Waals surface area contributed by atoms with Gasteiger partial charge in [-0.15, -0.1) is 11.3 Å². The van der Waals surface area contributed by atoms with Crippen LogP contribution < -0.4 is 5.73 Å². The summed E-state index contributed by atoms with van der Waals surface area (Å²) in [5, 5.41) is 0. The molecule has 3 rings (SSSR count). The smallest absolute Gasteiger partial charge is 0.0931 e. The summed E-state index contributed by atoms with van der Waals surface area (Å²) < 4.78 is 0.827. The Morgan fingerprint density at radius 3 is 2.90 bits per heavy atom. The molecule has 3 nitrogen and oxygen atoms in total. The Kier molecular flexibility index (Phi) is 4.60. The fraction of sp³-hybridized carbons (Fsp3) is 0.438. The van der Waals surface area contributed by atoms with E-state index in [4.69, 9.17) is 17.3 Å². The van der Waals surface area contributed by atoms with Crippen LogP contribution in [0.25, 0.3) is 0 Å². The molecule has 2 aromatic heterocycles. The summed E-state index contributed by atoms with van der Waals surface area (Å²) in [6, 6.07) is 8.93. The minimum Gasteiger partial charge on any atom is -0.326 e. The number of hydrogen-bond acceptors (Lipinski definition) is 4. The zero-order valence-corrected chi connectivity index (χ0v) is 13.6. The van der Waals surface area contributed by atoms with Crippen LogP contribution in [0.3, 0.4) is 0 Å². The van der Waals surface area contributed by atoms with Gasteiger partial charge in [-0.1, -0.05) is 17.7 Å². The number of aromatic nitrogens is 1. The van der Waals surface area contributed by atoms with Gasteiger partial charge in [0.05, 0.1) is 10.4 Å². The predicted octanol–water partition coefficient (Wildman–Crippen LogP) is 4.02. The minimum absolute atomic E-state index is 0.0667. The first-order valence-electron chi connectivity index (χ1n) is 7.33.